The maximum atomic E-state index is 11.5. The van der Waals surface area contributed by atoms with Crippen LogP contribution in [0.5, 0.6) is 0 Å². The predicted molar refractivity (Wildman–Crippen MR) is 123 cm³/mol. The van der Waals surface area contributed by atoms with E-state index in [0.717, 1.165) is 42.3 Å². The number of primary amides is 1. The Bertz CT molecular complexity index is 792. The quantitative estimate of drug-likeness (QED) is 0.668. The third-order valence-electron chi connectivity index (χ3n) is 5.64. The molecule has 7 nitrogen and oxygen atoms in total. The zero-order valence-electron chi connectivity index (χ0n) is 18.3. The molecule has 5 rings (SSSR count). The molecule has 3 aliphatic rings. The Balaban J connectivity index is 0.000000177. The van der Waals surface area contributed by atoms with E-state index in [1.54, 1.807) is 11.3 Å². The number of thiophene rings is 1. The summed E-state index contributed by atoms with van der Waals surface area (Å²) < 4.78 is 5.35. The normalized spacial score (nSPS) is 18.7. The van der Waals surface area contributed by atoms with E-state index >= 15 is 0 Å². The monoisotopic (exact) mass is 436 g/mol. The number of nitrogens with zero attached hydrogens (tertiary/aromatic N) is 2. The molecule has 0 atom stereocenters. The lowest BCUT2D eigenvalue weighted by Gasteiger charge is -2.36. The standard InChI is InChI=1S/C10H19NO.C9H8N2OS.C2H6.CH3NO/c1-2-4-10(5-3-1)11-6-8-12-9-7-11;12-8-7-5-2-1-3-6(5)13-9(7)11-4-10-8;1-2;2-1-3/h10H,1-9H2;4H,1-3H2,(H,10,11,12);1-2H3;1H,(H2,2,3). The Labute approximate surface area is 183 Å². The number of rotatable bonds is 1. The molecule has 2 fully saturated rings. The SMILES string of the molecule is C1CCC(N2CCOCC2)CC1.CC.NC=O.O=c1[nH]cnc2sc3c(c12)CCC3. The Morgan fingerprint density at radius 3 is 2.50 bits per heavy atom. The maximum Gasteiger partial charge on any atom is 0.259 e. The first-order chi connectivity index (χ1) is 14.7. The van der Waals surface area contributed by atoms with Crippen molar-refractivity contribution in [2.45, 2.75) is 71.3 Å². The van der Waals surface area contributed by atoms with Gasteiger partial charge in [-0.25, -0.2) is 4.98 Å². The molecule has 1 amide bonds. The molecule has 2 aliphatic carbocycles. The number of aromatic amines is 1. The number of morpholine rings is 1. The summed E-state index contributed by atoms with van der Waals surface area (Å²) in [6, 6.07) is 0.891. The number of H-pyrrole nitrogens is 1. The van der Waals surface area contributed by atoms with Crippen molar-refractivity contribution in [1.82, 2.24) is 14.9 Å². The summed E-state index contributed by atoms with van der Waals surface area (Å²) in [5.74, 6) is 0. The van der Waals surface area contributed by atoms with Crippen molar-refractivity contribution in [3.63, 3.8) is 0 Å². The van der Waals surface area contributed by atoms with E-state index in [9.17, 15) is 4.79 Å². The van der Waals surface area contributed by atoms with Gasteiger partial charge in [0.15, 0.2) is 0 Å². The molecular formula is C22H36N4O3S. The van der Waals surface area contributed by atoms with Crippen molar-refractivity contribution in [3.8, 4) is 0 Å². The Hall–Kier alpha value is -1.77. The summed E-state index contributed by atoms with van der Waals surface area (Å²) in [7, 11) is 0. The van der Waals surface area contributed by atoms with Crippen LogP contribution in [-0.4, -0.2) is 53.6 Å². The van der Waals surface area contributed by atoms with Crippen molar-refractivity contribution in [2.24, 2.45) is 5.73 Å². The van der Waals surface area contributed by atoms with Gasteiger partial charge in [-0.1, -0.05) is 33.1 Å². The molecule has 3 heterocycles. The van der Waals surface area contributed by atoms with Gasteiger partial charge in [0.2, 0.25) is 6.41 Å². The second-order valence-electron chi connectivity index (χ2n) is 7.35. The highest BCUT2D eigenvalue weighted by Gasteiger charge is 2.22. The number of fused-ring (bicyclic) bond motifs is 3. The van der Waals surface area contributed by atoms with Gasteiger partial charge in [-0.2, -0.15) is 0 Å². The average molecular weight is 437 g/mol. The molecule has 0 bridgehead atoms. The highest BCUT2D eigenvalue weighted by atomic mass is 32.1. The van der Waals surface area contributed by atoms with Crippen LogP contribution in [0.1, 0.15) is 62.8 Å². The number of amides is 1. The van der Waals surface area contributed by atoms with Crippen LogP contribution >= 0.6 is 11.3 Å². The van der Waals surface area contributed by atoms with Crippen LogP contribution in [0.2, 0.25) is 0 Å². The molecule has 1 aliphatic heterocycles. The van der Waals surface area contributed by atoms with Crippen molar-refractivity contribution < 1.29 is 9.53 Å². The van der Waals surface area contributed by atoms with Crippen LogP contribution in [0.4, 0.5) is 0 Å². The molecule has 1 saturated carbocycles. The lowest BCUT2D eigenvalue weighted by molar-refractivity contribution is -0.106. The summed E-state index contributed by atoms with van der Waals surface area (Å²) in [6.45, 7) is 8.25. The number of aryl methyl sites for hydroxylation is 2. The highest BCUT2D eigenvalue weighted by Crippen LogP contribution is 2.33. The summed E-state index contributed by atoms with van der Waals surface area (Å²) in [6.07, 6.45) is 12.3. The van der Waals surface area contributed by atoms with E-state index in [1.807, 2.05) is 13.8 Å². The summed E-state index contributed by atoms with van der Waals surface area (Å²) in [5.41, 5.74) is 5.43. The van der Waals surface area contributed by atoms with Crippen LogP contribution in [0.15, 0.2) is 11.1 Å². The topological polar surface area (TPSA) is 101 Å². The first-order valence-electron chi connectivity index (χ1n) is 11.2. The van der Waals surface area contributed by atoms with Crippen LogP contribution in [0.3, 0.4) is 0 Å². The first-order valence-corrected chi connectivity index (χ1v) is 12.0. The van der Waals surface area contributed by atoms with E-state index in [2.05, 4.69) is 20.6 Å². The van der Waals surface area contributed by atoms with Crippen LogP contribution in [0, 0.1) is 0 Å². The number of hydrogen-bond acceptors (Lipinski definition) is 6. The molecule has 168 valence electrons. The largest absolute Gasteiger partial charge is 0.379 e. The fourth-order valence-electron chi connectivity index (χ4n) is 4.33. The van der Waals surface area contributed by atoms with E-state index in [4.69, 9.17) is 9.53 Å². The van der Waals surface area contributed by atoms with Crippen molar-refractivity contribution in [1.29, 1.82) is 0 Å². The molecule has 0 aromatic carbocycles. The number of nitrogens with two attached hydrogens (primary N) is 1. The number of carbonyl (C=O) groups excluding carboxylic acids is 1. The molecule has 2 aromatic rings. The van der Waals surface area contributed by atoms with Gasteiger partial charge in [0.05, 0.1) is 24.9 Å². The van der Waals surface area contributed by atoms with Gasteiger partial charge >= 0.3 is 0 Å². The minimum Gasteiger partial charge on any atom is -0.379 e. The molecule has 1 saturated heterocycles. The summed E-state index contributed by atoms with van der Waals surface area (Å²) in [5, 5.41) is 0.833. The van der Waals surface area contributed by atoms with Gasteiger partial charge in [-0.15, -0.1) is 11.3 Å². The van der Waals surface area contributed by atoms with Gasteiger partial charge in [0, 0.05) is 24.0 Å². The first kappa shape index (κ1) is 24.5. The van der Waals surface area contributed by atoms with Gasteiger partial charge in [-0.05, 0) is 37.7 Å². The second-order valence-corrected chi connectivity index (χ2v) is 8.43. The zero-order valence-corrected chi connectivity index (χ0v) is 19.1. The Morgan fingerprint density at radius 2 is 1.83 bits per heavy atom. The van der Waals surface area contributed by atoms with Gasteiger partial charge in [0.25, 0.3) is 5.56 Å². The third-order valence-corrected chi connectivity index (χ3v) is 6.84. The average Bonchev–Trinajstić information content (AvgIpc) is 3.39. The second kappa shape index (κ2) is 13.5. The van der Waals surface area contributed by atoms with E-state index in [0.29, 0.717) is 0 Å². The molecule has 0 spiro atoms. The highest BCUT2D eigenvalue weighted by molar-refractivity contribution is 7.18. The van der Waals surface area contributed by atoms with Crippen molar-refractivity contribution in [2.75, 3.05) is 26.3 Å². The minimum absolute atomic E-state index is 0.0180. The molecule has 2 aromatic heterocycles. The predicted octanol–water partition coefficient (Wildman–Crippen LogP) is 3.25. The number of aromatic nitrogens is 2. The van der Waals surface area contributed by atoms with Crippen LogP contribution in [0.25, 0.3) is 10.2 Å². The van der Waals surface area contributed by atoms with Crippen molar-refractivity contribution in [3.05, 3.63) is 27.1 Å². The molecule has 30 heavy (non-hydrogen) atoms. The fourth-order valence-corrected chi connectivity index (χ4v) is 5.56. The number of hydrogen-bond donors (Lipinski definition) is 2. The lowest BCUT2D eigenvalue weighted by Crippen LogP contribution is -2.44. The third kappa shape index (κ3) is 6.62. The van der Waals surface area contributed by atoms with E-state index in [1.165, 1.54) is 68.4 Å². The minimum atomic E-state index is 0.0180. The lowest BCUT2D eigenvalue weighted by atomic mass is 9.94. The number of nitrogens with one attached hydrogen (secondary N) is 1. The van der Waals surface area contributed by atoms with Gasteiger partial charge in [0.1, 0.15) is 4.83 Å². The van der Waals surface area contributed by atoms with Crippen LogP contribution < -0.4 is 11.3 Å². The van der Waals surface area contributed by atoms with Crippen LogP contribution in [-0.2, 0) is 22.4 Å². The smallest absolute Gasteiger partial charge is 0.259 e. The molecule has 3 N–H and O–H groups in total. The van der Waals surface area contributed by atoms with E-state index in [-0.39, 0.29) is 12.0 Å². The van der Waals surface area contributed by atoms with Gasteiger partial charge in [-0.3, -0.25) is 14.5 Å². The maximum absolute atomic E-state index is 11.5. The summed E-state index contributed by atoms with van der Waals surface area (Å²) >= 11 is 1.67. The Morgan fingerprint density at radius 1 is 1.17 bits per heavy atom. The Kier molecular flexibility index (Phi) is 11.0. The number of carbonyl (C=O) groups is 1. The molecule has 8 heteroatoms. The molecule has 0 unspecified atom stereocenters. The molecule has 0 radical (unpaired) electrons. The van der Waals surface area contributed by atoms with Gasteiger partial charge < -0.3 is 15.5 Å². The van der Waals surface area contributed by atoms with Crippen molar-refractivity contribution >= 4 is 28.0 Å². The van der Waals surface area contributed by atoms with E-state index < -0.39 is 0 Å². The molecular weight excluding hydrogens is 400 g/mol. The zero-order chi connectivity index (χ0) is 21.8. The fraction of sp³-hybridized carbons (Fsp3) is 0.682. The summed E-state index contributed by atoms with van der Waals surface area (Å²) in [4.78, 5) is 31.8. The number of ether oxygens (including phenoxy) is 1.